The smallest absolute Gasteiger partial charge is 0.0620 e. The first-order valence-corrected chi connectivity index (χ1v) is 8.29. The van der Waals surface area contributed by atoms with Gasteiger partial charge in [-0.25, -0.2) is 0 Å². The maximum atomic E-state index is 5.51. The van der Waals surface area contributed by atoms with Crippen LogP contribution < -0.4 is 10.6 Å². The molecule has 0 bridgehead atoms. The molecule has 1 fully saturated rings. The number of hydrogen-bond acceptors (Lipinski definition) is 5. The predicted molar refractivity (Wildman–Crippen MR) is 85.4 cm³/mol. The second-order valence-corrected chi connectivity index (χ2v) is 6.75. The molecule has 5 heteroatoms. The van der Waals surface area contributed by atoms with Gasteiger partial charge in [0.25, 0.3) is 0 Å². The van der Waals surface area contributed by atoms with Gasteiger partial charge in [0.05, 0.1) is 19.3 Å². The summed E-state index contributed by atoms with van der Waals surface area (Å²) in [5.74, 6) is 0. The summed E-state index contributed by atoms with van der Waals surface area (Å²) in [5.41, 5.74) is 0. The summed E-state index contributed by atoms with van der Waals surface area (Å²) in [6, 6.07) is 5.79. The number of ether oxygens (including phenoxy) is 1. The van der Waals surface area contributed by atoms with Gasteiger partial charge in [-0.3, -0.25) is 0 Å². The van der Waals surface area contributed by atoms with Crippen LogP contribution in [0.4, 0.5) is 0 Å². The Labute approximate surface area is 126 Å². The van der Waals surface area contributed by atoms with Crippen LogP contribution in [0.15, 0.2) is 17.5 Å². The maximum Gasteiger partial charge on any atom is 0.0620 e. The quantitative estimate of drug-likeness (QED) is 0.803. The molecule has 20 heavy (non-hydrogen) atoms. The van der Waals surface area contributed by atoms with E-state index in [1.165, 1.54) is 4.88 Å². The van der Waals surface area contributed by atoms with Gasteiger partial charge in [0.1, 0.15) is 0 Å². The second kappa shape index (κ2) is 8.10. The van der Waals surface area contributed by atoms with Crippen molar-refractivity contribution in [1.82, 2.24) is 15.5 Å². The minimum Gasteiger partial charge on any atom is -0.379 e. The standard InChI is InChI=1S/C15H27N3OS/c1-12(9-13-11-19-7-6-16-13)17-10-14(18(2)3)15-5-4-8-20-15/h4-5,8,12-14,16-17H,6-7,9-11H2,1-3H3. The normalized spacial score (nSPS) is 22.9. The number of nitrogens with one attached hydrogen (secondary N) is 2. The molecule has 2 rings (SSSR count). The molecule has 0 amide bonds. The fourth-order valence-electron chi connectivity index (χ4n) is 2.61. The second-order valence-electron chi connectivity index (χ2n) is 5.77. The highest BCUT2D eigenvalue weighted by molar-refractivity contribution is 7.10. The summed E-state index contributed by atoms with van der Waals surface area (Å²) in [4.78, 5) is 3.71. The van der Waals surface area contributed by atoms with E-state index >= 15 is 0 Å². The average Bonchev–Trinajstić information content (AvgIpc) is 2.93. The Bertz CT molecular complexity index is 363. The van der Waals surface area contributed by atoms with Crippen molar-refractivity contribution in [3.05, 3.63) is 22.4 Å². The summed E-state index contributed by atoms with van der Waals surface area (Å²) in [5, 5.41) is 9.33. The van der Waals surface area contributed by atoms with Crippen molar-refractivity contribution in [2.45, 2.75) is 31.5 Å². The first-order valence-electron chi connectivity index (χ1n) is 7.41. The van der Waals surface area contributed by atoms with E-state index in [1.54, 1.807) is 0 Å². The Morgan fingerprint density at radius 3 is 3.00 bits per heavy atom. The van der Waals surface area contributed by atoms with Crippen LogP contribution in [0.1, 0.15) is 24.3 Å². The zero-order valence-electron chi connectivity index (χ0n) is 12.8. The van der Waals surface area contributed by atoms with Crippen LogP contribution in [0.5, 0.6) is 0 Å². The molecule has 1 aliphatic heterocycles. The highest BCUT2D eigenvalue weighted by atomic mass is 32.1. The molecule has 0 spiro atoms. The number of likely N-dealkylation sites (N-methyl/N-ethyl adjacent to an activating group) is 1. The van der Waals surface area contributed by atoms with Crippen molar-refractivity contribution in [3.8, 4) is 0 Å². The first-order chi connectivity index (χ1) is 9.66. The van der Waals surface area contributed by atoms with Gasteiger partial charge in [-0.15, -0.1) is 11.3 Å². The van der Waals surface area contributed by atoms with Crippen LogP contribution in [0, 0.1) is 0 Å². The van der Waals surface area contributed by atoms with Crippen LogP contribution in [0.2, 0.25) is 0 Å². The molecule has 1 saturated heterocycles. The summed E-state index contributed by atoms with van der Waals surface area (Å²) in [6.07, 6.45) is 1.12. The van der Waals surface area contributed by atoms with E-state index in [1.807, 2.05) is 11.3 Å². The molecule has 3 unspecified atom stereocenters. The van der Waals surface area contributed by atoms with Gasteiger partial charge in [-0.05, 0) is 38.9 Å². The van der Waals surface area contributed by atoms with Crippen molar-refractivity contribution in [3.63, 3.8) is 0 Å². The van der Waals surface area contributed by atoms with E-state index in [0.29, 0.717) is 18.1 Å². The molecule has 2 heterocycles. The van der Waals surface area contributed by atoms with Crippen LogP contribution in [-0.4, -0.2) is 57.4 Å². The number of hydrogen-bond donors (Lipinski definition) is 2. The Hall–Kier alpha value is -0.460. The van der Waals surface area contributed by atoms with Crippen LogP contribution >= 0.6 is 11.3 Å². The van der Waals surface area contributed by atoms with Gasteiger partial charge in [-0.1, -0.05) is 6.07 Å². The molecule has 0 aliphatic carbocycles. The SMILES string of the molecule is CC(CC1COCCN1)NCC(c1cccs1)N(C)C. The van der Waals surface area contributed by atoms with E-state index < -0.39 is 0 Å². The highest BCUT2D eigenvalue weighted by Crippen LogP contribution is 2.22. The fraction of sp³-hybridized carbons (Fsp3) is 0.733. The lowest BCUT2D eigenvalue weighted by atomic mass is 10.1. The third kappa shape index (κ3) is 4.82. The molecular formula is C15H27N3OS. The van der Waals surface area contributed by atoms with Crippen molar-refractivity contribution in [2.24, 2.45) is 0 Å². The van der Waals surface area contributed by atoms with Crippen molar-refractivity contribution in [1.29, 1.82) is 0 Å². The molecule has 4 nitrogen and oxygen atoms in total. The van der Waals surface area contributed by atoms with E-state index in [9.17, 15) is 0 Å². The van der Waals surface area contributed by atoms with Crippen molar-refractivity contribution >= 4 is 11.3 Å². The third-order valence-corrected chi connectivity index (χ3v) is 4.76. The Balaban J connectivity index is 1.77. The molecule has 0 saturated carbocycles. The summed E-state index contributed by atoms with van der Waals surface area (Å²) in [6.45, 7) is 5.92. The predicted octanol–water partition coefficient (Wildman–Crippen LogP) is 1.71. The molecule has 1 aliphatic rings. The van der Waals surface area contributed by atoms with Crippen molar-refractivity contribution < 1.29 is 4.74 Å². The number of thiophene rings is 1. The Morgan fingerprint density at radius 1 is 1.55 bits per heavy atom. The first kappa shape index (κ1) is 15.9. The van der Waals surface area contributed by atoms with Gasteiger partial charge in [0.15, 0.2) is 0 Å². The third-order valence-electron chi connectivity index (χ3n) is 3.79. The number of morpholine rings is 1. The molecule has 2 N–H and O–H groups in total. The lowest BCUT2D eigenvalue weighted by Crippen LogP contribution is -2.45. The lowest BCUT2D eigenvalue weighted by molar-refractivity contribution is 0.0709. The average molecular weight is 297 g/mol. The van der Waals surface area contributed by atoms with Gasteiger partial charge >= 0.3 is 0 Å². The Kier molecular flexibility index (Phi) is 6.45. The molecule has 3 atom stereocenters. The lowest BCUT2D eigenvalue weighted by Gasteiger charge is -2.29. The summed E-state index contributed by atoms with van der Waals surface area (Å²) < 4.78 is 5.51. The molecular weight excluding hydrogens is 270 g/mol. The van der Waals surface area contributed by atoms with Gasteiger partial charge in [0.2, 0.25) is 0 Å². The van der Waals surface area contributed by atoms with Gasteiger partial charge in [-0.2, -0.15) is 0 Å². The maximum absolute atomic E-state index is 5.51. The van der Waals surface area contributed by atoms with Gasteiger partial charge < -0.3 is 20.3 Å². The fourth-order valence-corrected chi connectivity index (χ4v) is 3.54. The highest BCUT2D eigenvalue weighted by Gasteiger charge is 2.19. The minimum absolute atomic E-state index is 0.452. The summed E-state index contributed by atoms with van der Waals surface area (Å²) in [7, 11) is 4.29. The Morgan fingerprint density at radius 2 is 2.40 bits per heavy atom. The largest absolute Gasteiger partial charge is 0.379 e. The minimum atomic E-state index is 0.452. The van der Waals surface area contributed by atoms with E-state index in [2.05, 4.69) is 54.1 Å². The molecule has 0 radical (unpaired) electrons. The zero-order chi connectivity index (χ0) is 14.4. The van der Waals surface area contributed by atoms with Crippen LogP contribution in [0.3, 0.4) is 0 Å². The zero-order valence-corrected chi connectivity index (χ0v) is 13.6. The number of nitrogens with zero attached hydrogens (tertiary/aromatic N) is 1. The van der Waals surface area contributed by atoms with Crippen molar-refractivity contribution in [2.75, 3.05) is 40.4 Å². The van der Waals surface area contributed by atoms with Crippen LogP contribution in [0.25, 0.3) is 0 Å². The molecule has 1 aromatic rings. The van der Waals surface area contributed by atoms with E-state index in [4.69, 9.17) is 4.74 Å². The van der Waals surface area contributed by atoms with Gasteiger partial charge in [0, 0.05) is 30.1 Å². The topological polar surface area (TPSA) is 36.5 Å². The molecule has 0 aromatic carbocycles. The summed E-state index contributed by atoms with van der Waals surface area (Å²) >= 11 is 1.83. The van der Waals surface area contributed by atoms with E-state index in [0.717, 1.165) is 32.7 Å². The molecule has 1 aromatic heterocycles. The molecule has 114 valence electrons. The monoisotopic (exact) mass is 297 g/mol. The number of rotatable bonds is 7. The van der Waals surface area contributed by atoms with E-state index in [-0.39, 0.29) is 0 Å². The van der Waals surface area contributed by atoms with Crippen LogP contribution in [-0.2, 0) is 4.74 Å².